The molecule has 0 radical (unpaired) electrons. The number of H-pyrrole nitrogens is 1. The summed E-state index contributed by atoms with van der Waals surface area (Å²) in [6.45, 7) is 7.42. The van der Waals surface area contributed by atoms with Crippen molar-refractivity contribution in [3.63, 3.8) is 0 Å². The van der Waals surface area contributed by atoms with Crippen LogP contribution in [-0.2, 0) is 0 Å². The number of rotatable bonds is 5. The number of hydrogen-bond acceptors (Lipinski definition) is 3. The lowest BCUT2D eigenvalue weighted by Crippen LogP contribution is -2.30. The lowest BCUT2D eigenvalue weighted by atomic mass is 10.2. The standard InChI is InChI=1S/C15H20N4O/c1-4-19(11(2)3)14-7-5-13(6-8-14)18-15(20)12-9-16-17-10-12/h5-11H,4H2,1-3H3,(H,16,17)(H,18,20). The number of benzene rings is 1. The largest absolute Gasteiger partial charge is 0.369 e. The van der Waals surface area contributed by atoms with Crippen LogP contribution in [0.25, 0.3) is 0 Å². The van der Waals surface area contributed by atoms with Gasteiger partial charge in [0.05, 0.1) is 11.8 Å². The fourth-order valence-electron chi connectivity index (χ4n) is 2.16. The number of aromatic amines is 1. The van der Waals surface area contributed by atoms with Crippen LogP contribution >= 0.6 is 0 Å². The number of nitrogens with zero attached hydrogens (tertiary/aromatic N) is 2. The number of hydrogen-bond donors (Lipinski definition) is 2. The highest BCUT2D eigenvalue weighted by molar-refractivity contribution is 6.03. The van der Waals surface area contributed by atoms with Gasteiger partial charge in [-0.1, -0.05) is 0 Å². The highest BCUT2D eigenvalue weighted by Crippen LogP contribution is 2.20. The van der Waals surface area contributed by atoms with Crippen LogP contribution in [0.5, 0.6) is 0 Å². The number of amides is 1. The first-order valence-electron chi connectivity index (χ1n) is 6.78. The van der Waals surface area contributed by atoms with E-state index >= 15 is 0 Å². The summed E-state index contributed by atoms with van der Waals surface area (Å²) in [5, 5.41) is 9.22. The number of carbonyl (C=O) groups excluding carboxylic acids is 1. The van der Waals surface area contributed by atoms with Gasteiger partial charge in [0, 0.05) is 30.2 Å². The van der Waals surface area contributed by atoms with Gasteiger partial charge in [-0.2, -0.15) is 5.10 Å². The molecule has 0 atom stereocenters. The zero-order chi connectivity index (χ0) is 14.5. The summed E-state index contributed by atoms with van der Waals surface area (Å²) in [6, 6.07) is 8.33. The normalized spacial score (nSPS) is 10.6. The average molecular weight is 272 g/mol. The smallest absolute Gasteiger partial charge is 0.258 e. The summed E-state index contributed by atoms with van der Waals surface area (Å²) in [6.07, 6.45) is 3.07. The van der Waals surface area contributed by atoms with E-state index in [1.807, 2.05) is 24.3 Å². The molecule has 1 heterocycles. The molecule has 2 N–H and O–H groups in total. The molecule has 0 aliphatic rings. The second-order valence-electron chi connectivity index (χ2n) is 4.87. The summed E-state index contributed by atoms with van der Waals surface area (Å²) in [4.78, 5) is 14.2. The first kappa shape index (κ1) is 14.1. The fourth-order valence-corrected chi connectivity index (χ4v) is 2.16. The molecule has 20 heavy (non-hydrogen) atoms. The zero-order valence-electron chi connectivity index (χ0n) is 12.1. The molecule has 106 valence electrons. The van der Waals surface area contributed by atoms with Crippen LogP contribution in [0.2, 0.25) is 0 Å². The third kappa shape index (κ3) is 3.17. The Morgan fingerprint density at radius 1 is 1.35 bits per heavy atom. The van der Waals surface area contributed by atoms with Gasteiger partial charge in [0.25, 0.3) is 5.91 Å². The van der Waals surface area contributed by atoms with Crippen molar-refractivity contribution in [3.8, 4) is 0 Å². The molecule has 0 saturated heterocycles. The van der Waals surface area contributed by atoms with E-state index in [9.17, 15) is 4.79 Å². The molecule has 1 aromatic heterocycles. The molecule has 1 amide bonds. The first-order chi connectivity index (χ1) is 9.61. The van der Waals surface area contributed by atoms with E-state index in [4.69, 9.17) is 0 Å². The molecular weight excluding hydrogens is 252 g/mol. The van der Waals surface area contributed by atoms with E-state index in [0.29, 0.717) is 11.6 Å². The number of aromatic nitrogens is 2. The van der Waals surface area contributed by atoms with Crippen LogP contribution < -0.4 is 10.2 Å². The van der Waals surface area contributed by atoms with Crippen LogP contribution in [0.3, 0.4) is 0 Å². The Balaban J connectivity index is 2.07. The predicted octanol–water partition coefficient (Wildman–Crippen LogP) is 2.90. The summed E-state index contributed by atoms with van der Waals surface area (Å²) in [5.41, 5.74) is 2.45. The second-order valence-corrected chi connectivity index (χ2v) is 4.87. The number of nitrogens with one attached hydrogen (secondary N) is 2. The molecule has 0 saturated carbocycles. The summed E-state index contributed by atoms with van der Waals surface area (Å²) >= 11 is 0. The number of carbonyl (C=O) groups is 1. The SMILES string of the molecule is CCN(c1ccc(NC(=O)c2cn[nH]c2)cc1)C(C)C. The molecular formula is C15H20N4O. The van der Waals surface area contributed by atoms with Crippen molar-refractivity contribution in [2.24, 2.45) is 0 Å². The summed E-state index contributed by atoms with van der Waals surface area (Å²) in [5.74, 6) is -0.164. The van der Waals surface area contributed by atoms with E-state index < -0.39 is 0 Å². The lowest BCUT2D eigenvalue weighted by Gasteiger charge is -2.27. The minimum absolute atomic E-state index is 0.164. The van der Waals surface area contributed by atoms with Crippen molar-refractivity contribution in [1.29, 1.82) is 0 Å². The number of anilines is 2. The maximum Gasteiger partial charge on any atom is 0.258 e. The minimum atomic E-state index is -0.164. The predicted molar refractivity (Wildman–Crippen MR) is 81.1 cm³/mol. The third-order valence-electron chi connectivity index (χ3n) is 3.18. The third-order valence-corrected chi connectivity index (χ3v) is 3.18. The molecule has 2 rings (SSSR count). The molecule has 0 aliphatic carbocycles. The molecule has 0 aliphatic heterocycles. The molecule has 0 unspecified atom stereocenters. The van der Waals surface area contributed by atoms with Crippen LogP contribution in [-0.4, -0.2) is 28.7 Å². The van der Waals surface area contributed by atoms with Crippen molar-refractivity contribution in [3.05, 3.63) is 42.2 Å². The van der Waals surface area contributed by atoms with E-state index in [1.165, 1.54) is 6.20 Å². The molecule has 5 nitrogen and oxygen atoms in total. The Morgan fingerprint density at radius 3 is 2.55 bits per heavy atom. The molecule has 0 spiro atoms. The van der Waals surface area contributed by atoms with E-state index in [1.54, 1.807) is 6.20 Å². The van der Waals surface area contributed by atoms with Crippen molar-refractivity contribution in [2.75, 3.05) is 16.8 Å². The van der Waals surface area contributed by atoms with Gasteiger partial charge in [-0.25, -0.2) is 0 Å². The Hall–Kier alpha value is -2.30. The second kappa shape index (κ2) is 6.23. The van der Waals surface area contributed by atoms with Gasteiger partial charge < -0.3 is 10.2 Å². The van der Waals surface area contributed by atoms with Gasteiger partial charge >= 0.3 is 0 Å². The molecule has 0 bridgehead atoms. The van der Waals surface area contributed by atoms with E-state index in [2.05, 4.69) is 41.2 Å². The molecule has 2 aromatic rings. The van der Waals surface area contributed by atoms with Gasteiger partial charge in [0.2, 0.25) is 0 Å². The van der Waals surface area contributed by atoms with Crippen LogP contribution in [0.4, 0.5) is 11.4 Å². The molecule has 0 fully saturated rings. The Bertz CT molecular complexity index is 546. The van der Waals surface area contributed by atoms with Crippen LogP contribution in [0, 0.1) is 0 Å². The summed E-state index contributed by atoms with van der Waals surface area (Å²) in [7, 11) is 0. The highest BCUT2D eigenvalue weighted by Gasteiger charge is 2.09. The lowest BCUT2D eigenvalue weighted by molar-refractivity contribution is 0.102. The van der Waals surface area contributed by atoms with Gasteiger partial charge in [-0.15, -0.1) is 0 Å². The van der Waals surface area contributed by atoms with Crippen LogP contribution in [0.15, 0.2) is 36.7 Å². The van der Waals surface area contributed by atoms with Crippen molar-refractivity contribution in [1.82, 2.24) is 10.2 Å². The fraction of sp³-hybridized carbons (Fsp3) is 0.333. The monoisotopic (exact) mass is 272 g/mol. The van der Waals surface area contributed by atoms with Gasteiger partial charge in [-0.05, 0) is 45.0 Å². The Labute approximate surface area is 119 Å². The maximum atomic E-state index is 11.9. The minimum Gasteiger partial charge on any atom is -0.369 e. The molecule has 5 heteroatoms. The molecule has 1 aromatic carbocycles. The van der Waals surface area contributed by atoms with E-state index in [-0.39, 0.29) is 5.91 Å². The summed E-state index contributed by atoms with van der Waals surface area (Å²) < 4.78 is 0. The Kier molecular flexibility index (Phi) is 4.40. The quantitative estimate of drug-likeness (QED) is 0.879. The average Bonchev–Trinajstić information content (AvgIpc) is 2.95. The maximum absolute atomic E-state index is 11.9. The van der Waals surface area contributed by atoms with Crippen molar-refractivity contribution < 1.29 is 4.79 Å². The van der Waals surface area contributed by atoms with Crippen LogP contribution in [0.1, 0.15) is 31.1 Å². The zero-order valence-corrected chi connectivity index (χ0v) is 12.1. The van der Waals surface area contributed by atoms with Gasteiger partial charge in [0.15, 0.2) is 0 Å². The Morgan fingerprint density at radius 2 is 2.05 bits per heavy atom. The van der Waals surface area contributed by atoms with E-state index in [0.717, 1.165) is 17.9 Å². The highest BCUT2D eigenvalue weighted by atomic mass is 16.1. The van der Waals surface area contributed by atoms with Gasteiger partial charge in [-0.3, -0.25) is 9.89 Å². The van der Waals surface area contributed by atoms with Gasteiger partial charge in [0.1, 0.15) is 0 Å². The van der Waals surface area contributed by atoms with Crippen molar-refractivity contribution in [2.45, 2.75) is 26.8 Å². The van der Waals surface area contributed by atoms with Crippen molar-refractivity contribution >= 4 is 17.3 Å². The topological polar surface area (TPSA) is 61.0 Å². The first-order valence-corrected chi connectivity index (χ1v) is 6.78.